The maximum atomic E-state index is 9.04. The van der Waals surface area contributed by atoms with E-state index in [2.05, 4.69) is 0 Å². The molecule has 0 spiro atoms. The zero-order valence-corrected chi connectivity index (χ0v) is 10.4. The van der Waals surface area contributed by atoms with E-state index in [1.807, 2.05) is 13.8 Å². The third-order valence-corrected chi connectivity index (χ3v) is 3.74. The molecular formula is C13H24O3. The molecule has 1 N–H and O–H groups in total. The summed E-state index contributed by atoms with van der Waals surface area (Å²) >= 11 is 0. The molecule has 2 unspecified atom stereocenters. The first kappa shape index (κ1) is 12.3. The second-order valence-corrected chi connectivity index (χ2v) is 5.61. The third-order valence-electron chi connectivity index (χ3n) is 3.74. The average Bonchev–Trinajstić information content (AvgIpc) is 2.76. The van der Waals surface area contributed by atoms with Crippen LogP contribution in [0.2, 0.25) is 0 Å². The summed E-state index contributed by atoms with van der Waals surface area (Å²) in [7, 11) is 0. The van der Waals surface area contributed by atoms with E-state index in [4.69, 9.17) is 14.6 Å². The molecule has 0 bridgehead atoms. The Morgan fingerprint density at radius 2 is 1.75 bits per heavy atom. The molecule has 1 saturated carbocycles. The lowest BCUT2D eigenvalue weighted by Gasteiger charge is -2.19. The van der Waals surface area contributed by atoms with Crippen molar-refractivity contribution in [3.63, 3.8) is 0 Å². The molecule has 0 radical (unpaired) electrons. The molecule has 16 heavy (non-hydrogen) atoms. The van der Waals surface area contributed by atoms with E-state index in [1.165, 1.54) is 25.7 Å². The van der Waals surface area contributed by atoms with Crippen LogP contribution in [-0.2, 0) is 9.47 Å². The summed E-state index contributed by atoms with van der Waals surface area (Å²) in [6, 6.07) is 0. The van der Waals surface area contributed by atoms with Crippen molar-refractivity contribution in [3.05, 3.63) is 0 Å². The van der Waals surface area contributed by atoms with Gasteiger partial charge < -0.3 is 14.6 Å². The molecule has 3 heteroatoms. The first-order chi connectivity index (χ1) is 7.61. The first-order valence-corrected chi connectivity index (χ1v) is 6.57. The minimum atomic E-state index is -0.469. The number of ether oxygens (including phenoxy) is 2. The number of aliphatic hydroxyl groups excluding tert-OH is 1. The third kappa shape index (κ3) is 2.96. The van der Waals surface area contributed by atoms with Gasteiger partial charge in [0, 0.05) is 6.61 Å². The monoisotopic (exact) mass is 228 g/mol. The minimum absolute atomic E-state index is 0.0839. The molecule has 2 rings (SSSR count). The van der Waals surface area contributed by atoms with Gasteiger partial charge in [0.15, 0.2) is 5.79 Å². The quantitative estimate of drug-likeness (QED) is 0.803. The SMILES string of the molecule is CC1(C)OC(CCO)C(CC2CCCC2)O1. The van der Waals surface area contributed by atoms with Crippen LogP contribution >= 0.6 is 0 Å². The highest BCUT2D eigenvalue weighted by molar-refractivity contribution is 4.84. The number of aliphatic hydroxyl groups is 1. The smallest absolute Gasteiger partial charge is 0.163 e. The van der Waals surface area contributed by atoms with E-state index in [0.29, 0.717) is 6.42 Å². The maximum absolute atomic E-state index is 9.04. The largest absolute Gasteiger partial charge is 0.396 e. The predicted octanol–water partition coefficient (Wildman–Crippen LogP) is 2.47. The van der Waals surface area contributed by atoms with Crippen molar-refractivity contribution in [1.29, 1.82) is 0 Å². The van der Waals surface area contributed by atoms with Gasteiger partial charge in [-0.25, -0.2) is 0 Å². The molecule has 0 aromatic carbocycles. The summed E-state index contributed by atoms with van der Waals surface area (Å²) in [5.74, 6) is 0.340. The van der Waals surface area contributed by atoms with Crippen LogP contribution < -0.4 is 0 Å². The number of hydrogen-bond donors (Lipinski definition) is 1. The highest BCUT2D eigenvalue weighted by Gasteiger charge is 2.41. The van der Waals surface area contributed by atoms with Crippen molar-refractivity contribution < 1.29 is 14.6 Å². The lowest BCUT2D eigenvalue weighted by Crippen LogP contribution is -2.25. The molecule has 1 aliphatic carbocycles. The zero-order valence-electron chi connectivity index (χ0n) is 10.4. The van der Waals surface area contributed by atoms with Gasteiger partial charge in [0.1, 0.15) is 0 Å². The van der Waals surface area contributed by atoms with E-state index >= 15 is 0 Å². The van der Waals surface area contributed by atoms with Gasteiger partial charge in [-0.2, -0.15) is 0 Å². The van der Waals surface area contributed by atoms with Gasteiger partial charge in [0.25, 0.3) is 0 Å². The Morgan fingerprint density at radius 3 is 2.38 bits per heavy atom. The van der Waals surface area contributed by atoms with E-state index in [1.54, 1.807) is 0 Å². The lowest BCUT2D eigenvalue weighted by molar-refractivity contribution is -0.148. The van der Waals surface area contributed by atoms with Gasteiger partial charge >= 0.3 is 0 Å². The Bertz CT molecular complexity index is 221. The van der Waals surface area contributed by atoms with Crippen molar-refractivity contribution in [2.45, 2.75) is 70.4 Å². The number of rotatable bonds is 4. The van der Waals surface area contributed by atoms with Gasteiger partial charge in [-0.3, -0.25) is 0 Å². The van der Waals surface area contributed by atoms with Crippen LogP contribution in [0.25, 0.3) is 0 Å². The zero-order chi connectivity index (χ0) is 11.6. The van der Waals surface area contributed by atoms with Crippen molar-refractivity contribution >= 4 is 0 Å². The second kappa shape index (κ2) is 5.03. The molecule has 2 atom stereocenters. The molecular weight excluding hydrogens is 204 g/mol. The summed E-state index contributed by atoms with van der Waals surface area (Å²) < 4.78 is 11.8. The molecule has 2 aliphatic rings. The minimum Gasteiger partial charge on any atom is -0.396 e. The first-order valence-electron chi connectivity index (χ1n) is 6.57. The molecule has 0 aromatic heterocycles. The van der Waals surface area contributed by atoms with Crippen LogP contribution in [0, 0.1) is 5.92 Å². The lowest BCUT2D eigenvalue weighted by atomic mass is 9.96. The van der Waals surface area contributed by atoms with Crippen molar-refractivity contribution in [3.8, 4) is 0 Å². The number of hydrogen-bond acceptors (Lipinski definition) is 3. The predicted molar refractivity (Wildman–Crippen MR) is 62.1 cm³/mol. The van der Waals surface area contributed by atoms with Crippen LogP contribution in [0.1, 0.15) is 52.4 Å². The average molecular weight is 228 g/mol. The Balaban J connectivity index is 1.89. The van der Waals surface area contributed by atoms with Gasteiger partial charge in [0.05, 0.1) is 12.2 Å². The Labute approximate surface area is 98.1 Å². The molecule has 1 saturated heterocycles. The Morgan fingerprint density at radius 1 is 1.12 bits per heavy atom. The summed E-state index contributed by atoms with van der Waals surface area (Å²) in [5.41, 5.74) is 0. The van der Waals surface area contributed by atoms with E-state index < -0.39 is 5.79 Å². The van der Waals surface area contributed by atoms with E-state index in [9.17, 15) is 0 Å². The fraction of sp³-hybridized carbons (Fsp3) is 1.00. The summed E-state index contributed by atoms with van der Waals surface area (Å²) in [5, 5.41) is 9.04. The van der Waals surface area contributed by atoms with Crippen LogP contribution in [0.15, 0.2) is 0 Å². The second-order valence-electron chi connectivity index (χ2n) is 5.61. The van der Waals surface area contributed by atoms with Gasteiger partial charge in [-0.1, -0.05) is 25.7 Å². The van der Waals surface area contributed by atoms with Gasteiger partial charge in [-0.15, -0.1) is 0 Å². The molecule has 1 aliphatic heterocycles. The van der Waals surface area contributed by atoms with Crippen LogP contribution in [0.3, 0.4) is 0 Å². The highest BCUT2D eigenvalue weighted by Crippen LogP contribution is 2.37. The summed E-state index contributed by atoms with van der Waals surface area (Å²) in [6.07, 6.45) is 7.48. The molecule has 0 amide bonds. The molecule has 2 fully saturated rings. The fourth-order valence-corrected chi connectivity index (χ4v) is 3.06. The van der Waals surface area contributed by atoms with Crippen molar-refractivity contribution in [2.24, 2.45) is 5.92 Å². The van der Waals surface area contributed by atoms with Crippen molar-refractivity contribution in [2.75, 3.05) is 6.61 Å². The molecule has 3 nitrogen and oxygen atoms in total. The molecule has 94 valence electrons. The summed E-state index contributed by atoms with van der Waals surface area (Å²) in [4.78, 5) is 0. The van der Waals surface area contributed by atoms with E-state index in [0.717, 1.165) is 12.3 Å². The van der Waals surface area contributed by atoms with Crippen LogP contribution in [0.5, 0.6) is 0 Å². The van der Waals surface area contributed by atoms with Crippen LogP contribution in [0.4, 0.5) is 0 Å². The normalized spacial score (nSPS) is 34.7. The standard InChI is InChI=1S/C13H24O3/c1-13(2)15-11(7-8-14)12(16-13)9-10-5-3-4-6-10/h10-12,14H,3-9H2,1-2H3. The summed E-state index contributed by atoms with van der Waals surface area (Å²) in [6.45, 7) is 4.11. The van der Waals surface area contributed by atoms with Crippen LogP contribution in [-0.4, -0.2) is 29.7 Å². The maximum Gasteiger partial charge on any atom is 0.163 e. The highest BCUT2D eigenvalue weighted by atomic mass is 16.7. The molecule has 1 heterocycles. The van der Waals surface area contributed by atoms with Gasteiger partial charge in [-0.05, 0) is 32.6 Å². The molecule has 0 aromatic rings. The van der Waals surface area contributed by atoms with Gasteiger partial charge in [0.2, 0.25) is 0 Å². The Kier molecular flexibility index (Phi) is 3.88. The van der Waals surface area contributed by atoms with Crippen molar-refractivity contribution in [1.82, 2.24) is 0 Å². The van der Waals surface area contributed by atoms with E-state index in [-0.39, 0.29) is 18.8 Å². The fourth-order valence-electron chi connectivity index (χ4n) is 3.06. The topological polar surface area (TPSA) is 38.7 Å². The Hall–Kier alpha value is -0.120.